The van der Waals surface area contributed by atoms with Crippen LogP contribution in [0.4, 0.5) is 0 Å². The lowest BCUT2D eigenvalue weighted by Gasteiger charge is -2.34. The van der Waals surface area contributed by atoms with Crippen LogP contribution in [0.15, 0.2) is 48.5 Å². The summed E-state index contributed by atoms with van der Waals surface area (Å²) >= 11 is 0. The molecule has 1 heterocycles. The lowest BCUT2D eigenvalue weighted by molar-refractivity contribution is -0.135. The molecule has 1 aliphatic rings. The van der Waals surface area contributed by atoms with E-state index in [2.05, 4.69) is 4.90 Å². The third kappa shape index (κ3) is 5.87. The van der Waals surface area contributed by atoms with Crippen LogP contribution in [0.3, 0.4) is 0 Å². The minimum Gasteiger partial charge on any atom is -0.493 e. The number of amides is 1. The first kappa shape index (κ1) is 20.5. The minimum atomic E-state index is -0.0587. The monoisotopic (exact) mass is 395 g/mol. The summed E-state index contributed by atoms with van der Waals surface area (Å²) in [4.78, 5) is 16.6. The van der Waals surface area contributed by atoms with E-state index < -0.39 is 0 Å². The molecule has 0 radical (unpaired) electrons. The first-order chi connectivity index (χ1) is 14.2. The standard InChI is InChI=1S/C22H25N3O4/c1-27-21-15-18(16-23)7-8-20(21)29-17-22(26)25-11-9-24(10-12-25)13-14-28-19-5-3-2-4-6-19/h2-8,15H,9-14,17H2,1H3. The fourth-order valence-electron chi connectivity index (χ4n) is 3.12. The molecule has 1 fully saturated rings. The van der Waals surface area contributed by atoms with Crippen LogP contribution < -0.4 is 14.2 Å². The number of piperazine rings is 1. The largest absolute Gasteiger partial charge is 0.493 e. The number of rotatable bonds is 8. The van der Waals surface area contributed by atoms with Crippen LogP contribution in [-0.2, 0) is 4.79 Å². The van der Waals surface area contributed by atoms with E-state index in [0.29, 0.717) is 36.8 Å². The van der Waals surface area contributed by atoms with Crippen molar-refractivity contribution in [3.63, 3.8) is 0 Å². The highest BCUT2D eigenvalue weighted by molar-refractivity contribution is 5.78. The Morgan fingerprint density at radius 2 is 1.79 bits per heavy atom. The fraction of sp³-hybridized carbons (Fsp3) is 0.364. The second-order valence-corrected chi connectivity index (χ2v) is 6.65. The maximum atomic E-state index is 12.5. The molecule has 1 saturated heterocycles. The van der Waals surface area contributed by atoms with Crippen molar-refractivity contribution in [1.82, 2.24) is 9.80 Å². The molecule has 0 aliphatic carbocycles. The molecule has 7 nitrogen and oxygen atoms in total. The van der Waals surface area contributed by atoms with Gasteiger partial charge in [-0.05, 0) is 24.3 Å². The van der Waals surface area contributed by atoms with Gasteiger partial charge in [0.1, 0.15) is 12.4 Å². The minimum absolute atomic E-state index is 0.0562. The Bertz CT molecular complexity index is 843. The van der Waals surface area contributed by atoms with Crippen LogP contribution in [-0.4, -0.2) is 68.8 Å². The van der Waals surface area contributed by atoms with E-state index in [9.17, 15) is 4.79 Å². The van der Waals surface area contributed by atoms with Crippen molar-refractivity contribution in [3.8, 4) is 23.3 Å². The number of carbonyl (C=O) groups excluding carboxylic acids is 1. The Hall–Kier alpha value is -3.24. The van der Waals surface area contributed by atoms with Crippen molar-refractivity contribution < 1.29 is 19.0 Å². The van der Waals surface area contributed by atoms with Crippen molar-refractivity contribution in [2.45, 2.75) is 0 Å². The fourth-order valence-corrected chi connectivity index (χ4v) is 3.12. The van der Waals surface area contributed by atoms with E-state index in [1.54, 1.807) is 18.2 Å². The maximum Gasteiger partial charge on any atom is 0.260 e. The summed E-state index contributed by atoms with van der Waals surface area (Å²) in [6, 6.07) is 16.7. The highest BCUT2D eigenvalue weighted by Gasteiger charge is 2.21. The average Bonchev–Trinajstić information content (AvgIpc) is 2.78. The van der Waals surface area contributed by atoms with Gasteiger partial charge in [0.15, 0.2) is 18.1 Å². The van der Waals surface area contributed by atoms with Gasteiger partial charge in [-0.15, -0.1) is 0 Å². The number of carbonyl (C=O) groups is 1. The lowest BCUT2D eigenvalue weighted by Crippen LogP contribution is -2.50. The van der Waals surface area contributed by atoms with E-state index in [0.717, 1.165) is 25.4 Å². The van der Waals surface area contributed by atoms with Crippen molar-refractivity contribution in [2.24, 2.45) is 0 Å². The van der Waals surface area contributed by atoms with Crippen LogP contribution in [0.1, 0.15) is 5.56 Å². The molecule has 1 amide bonds. The molecular formula is C22H25N3O4. The Balaban J connectivity index is 1.39. The molecule has 3 rings (SSSR count). The van der Waals surface area contributed by atoms with Crippen LogP contribution >= 0.6 is 0 Å². The Kier molecular flexibility index (Phi) is 7.31. The van der Waals surface area contributed by atoms with Crippen LogP contribution in [0, 0.1) is 11.3 Å². The van der Waals surface area contributed by atoms with Gasteiger partial charge in [0.2, 0.25) is 0 Å². The Morgan fingerprint density at radius 1 is 1.03 bits per heavy atom. The predicted molar refractivity (Wildman–Crippen MR) is 108 cm³/mol. The molecule has 0 unspecified atom stereocenters. The van der Waals surface area contributed by atoms with Gasteiger partial charge in [0, 0.05) is 38.8 Å². The van der Waals surface area contributed by atoms with Crippen molar-refractivity contribution >= 4 is 5.91 Å². The molecular weight excluding hydrogens is 370 g/mol. The molecule has 29 heavy (non-hydrogen) atoms. The number of para-hydroxylation sites is 1. The molecule has 0 N–H and O–H groups in total. The van der Waals surface area contributed by atoms with Gasteiger partial charge < -0.3 is 19.1 Å². The topological polar surface area (TPSA) is 75.0 Å². The number of methoxy groups -OCH3 is 1. The molecule has 0 bridgehead atoms. The average molecular weight is 395 g/mol. The highest BCUT2D eigenvalue weighted by Crippen LogP contribution is 2.27. The first-order valence-electron chi connectivity index (χ1n) is 9.58. The normalized spacial score (nSPS) is 14.1. The Labute approximate surface area is 171 Å². The van der Waals surface area contributed by atoms with Crippen LogP contribution in [0.25, 0.3) is 0 Å². The molecule has 1 aliphatic heterocycles. The number of nitrogens with zero attached hydrogens (tertiary/aromatic N) is 3. The van der Waals surface area contributed by atoms with Gasteiger partial charge in [-0.1, -0.05) is 18.2 Å². The van der Waals surface area contributed by atoms with Crippen LogP contribution in [0.2, 0.25) is 0 Å². The summed E-state index contributed by atoms with van der Waals surface area (Å²) in [5.74, 6) is 1.71. The van der Waals surface area contributed by atoms with Crippen molar-refractivity contribution in [1.29, 1.82) is 5.26 Å². The summed E-state index contributed by atoms with van der Waals surface area (Å²) < 4.78 is 16.6. The molecule has 0 atom stereocenters. The SMILES string of the molecule is COc1cc(C#N)ccc1OCC(=O)N1CCN(CCOc2ccccc2)CC1. The summed E-state index contributed by atoms with van der Waals surface area (Å²) in [5.41, 5.74) is 0.480. The number of hydrogen-bond donors (Lipinski definition) is 0. The van der Waals surface area contributed by atoms with E-state index in [4.69, 9.17) is 19.5 Å². The molecule has 2 aromatic carbocycles. The van der Waals surface area contributed by atoms with E-state index in [-0.39, 0.29) is 12.5 Å². The van der Waals surface area contributed by atoms with Crippen LogP contribution in [0.5, 0.6) is 17.2 Å². The molecule has 2 aromatic rings. The van der Waals surface area contributed by atoms with E-state index in [1.165, 1.54) is 7.11 Å². The van der Waals surface area contributed by atoms with Crippen molar-refractivity contribution in [2.75, 3.05) is 53.0 Å². The van der Waals surface area contributed by atoms with Crippen molar-refractivity contribution in [3.05, 3.63) is 54.1 Å². The summed E-state index contributed by atoms with van der Waals surface area (Å²) in [5, 5.41) is 8.95. The second kappa shape index (κ2) is 10.3. The number of nitriles is 1. The van der Waals surface area contributed by atoms with E-state index in [1.807, 2.05) is 41.3 Å². The smallest absolute Gasteiger partial charge is 0.260 e. The highest BCUT2D eigenvalue weighted by atomic mass is 16.5. The maximum absolute atomic E-state index is 12.5. The zero-order valence-corrected chi connectivity index (χ0v) is 16.5. The summed E-state index contributed by atoms with van der Waals surface area (Å²) in [7, 11) is 1.51. The first-order valence-corrected chi connectivity index (χ1v) is 9.58. The van der Waals surface area contributed by atoms with Gasteiger partial charge in [-0.2, -0.15) is 5.26 Å². The van der Waals surface area contributed by atoms with Gasteiger partial charge in [0.25, 0.3) is 5.91 Å². The quantitative estimate of drug-likeness (QED) is 0.682. The number of ether oxygens (including phenoxy) is 3. The molecule has 0 spiro atoms. The van der Waals surface area contributed by atoms with E-state index >= 15 is 0 Å². The third-order valence-electron chi connectivity index (χ3n) is 4.79. The third-order valence-corrected chi connectivity index (χ3v) is 4.79. The Morgan fingerprint density at radius 3 is 2.48 bits per heavy atom. The van der Waals surface area contributed by atoms with Gasteiger partial charge in [-0.3, -0.25) is 9.69 Å². The molecule has 7 heteroatoms. The lowest BCUT2D eigenvalue weighted by atomic mass is 10.2. The van der Waals surface area contributed by atoms with Gasteiger partial charge >= 0.3 is 0 Å². The molecule has 152 valence electrons. The summed E-state index contributed by atoms with van der Waals surface area (Å²) in [6.45, 7) is 4.35. The molecule has 0 saturated carbocycles. The second-order valence-electron chi connectivity index (χ2n) is 6.65. The number of hydrogen-bond acceptors (Lipinski definition) is 6. The molecule has 0 aromatic heterocycles. The zero-order valence-electron chi connectivity index (χ0n) is 16.5. The zero-order chi connectivity index (χ0) is 20.5. The van der Waals surface area contributed by atoms with Gasteiger partial charge in [0.05, 0.1) is 18.7 Å². The number of benzene rings is 2. The van der Waals surface area contributed by atoms with Gasteiger partial charge in [-0.25, -0.2) is 0 Å². The summed E-state index contributed by atoms with van der Waals surface area (Å²) in [6.07, 6.45) is 0. The predicted octanol–water partition coefficient (Wildman–Crippen LogP) is 2.17.